The Hall–Kier alpha value is -1.13. The number of carbonyl (C=O) groups excluding carboxylic acids is 1. The molecule has 1 N–H and O–H groups in total. The fourth-order valence-electron chi connectivity index (χ4n) is 2.52. The number of halogens is 1. The van der Waals surface area contributed by atoms with E-state index in [2.05, 4.69) is 22.1 Å². The highest BCUT2D eigenvalue weighted by Gasteiger charge is 2.18. The molecule has 4 nitrogen and oxygen atoms in total. The summed E-state index contributed by atoms with van der Waals surface area (Å²) in [4.78, 5) is 18.8. The number of amides is 1. The zero-order valence-corrected chi connectivity index (χ0v) is 12.9. The number of likely N-dealkylation sites (tertiary alicyclic amines) is 1. The second kappa shape index (κ2) is 7.04. The molecule has 0 saturated carbocycles. The van der Waals surface area contributed by atoms with Gasteiger partial charge in [-0.25, -0.2) is 4.98 Å². The topological polar surface area (TPSA) is 45.2 Å². The average Bonchev–Trinajstić information content (AvgIpc) is 2.97. The third kappa shape index (κ3) is 3.93. The number of carbonyl (C=O) groups is 1. The zero-order valence-electron chi connectivity index (χ0n) is 12.2. The van der Waals surface area contributed by atoms with E-state index in [9.17, 15) is 4.79 Å². The van der Waals surface area contributed by atoms with E-state index >= 15 is 0 Å². The lowest BCUT2D eigenvalue weighted by Gasteiger charge is -2.23. The van der Waals surface area contributed by atoms with Crippen LogP contribution in [-0.2, 0) is 6.42 Å². The Kier molecular flexibility index (Phi) is 5.38. The standard InChI is InChI=1S/C15H22ClN3O/c1-3-13-8-12(9-14(16)18-13)15(20)17-10-11(2)19-6-4-5-7-19/h8-9,11H,3-7,10H2,1-2H3,(H,17,20). The monoisotopic (exact) mass is 295 g/mol. The van der Waals surface area contributed by atoms with Gasteiger partial charge in [-0.2, -0.15) is 0 Å². The lowest BCUT2D eigenvalue weighted by Crippen LogP contribution is -2.40. The molecule has 1 fully saturated rings. The minimum atomic E-state index is -0.0740. The summed E-state index contributed by atoms with van der Waals surface area (Å²) in [6.07, 6.45) is 3.29. The summed E-state index contributed by atoms with van der Waals surface area (Å²) in [6, 6.07) is 3.81. The van der Waals surface area contributed by atoms with Crippen molar-refractivity contribution in [2.24, 2.45) is 0 Å². The molecule has 2 rings (SSSR count). The Morgan fingerprint density at radius 2 is 2.15 bits per heavy atom. The van der Waals surface area contributed by atoms with Gasteiger partial charge in [0.25, 0.3) is 5.91 Å². The molecule has 0 bridgehead atoms. The van der Waals surface area contributed by atoms with Gasteiger partial charge in [0, 0.05) is 23.8 Å². The Labute approximate surface area is 125 Å². The number of nitrogens with zero attached hydrogens (tertiary/aromatic N) is 2. The number of aryl methyl sites for hydroxylation is 1. The van der Waals surface area contributed by atoms with Crippen LogP contribution in [0.2, 0.25) is 5.15 Å². The van der Waals surface area contributed by atoms with Crippen molar-refractivity contribution in [3.8, 4) is 0 Å². The molecule has 20 heavy (non-hydrogen) atoms. The van der Waals surface area contributed by atoms with Crippen LogP contribution in [0.1, 0.15) is 42.7 Å². The number of pyridine rings is 1. The van der Waals surface area contributed by atoms with Crippen molar-refractivity contribution in [2.75, 3.05) is 19.6 Å². The number of nitrogens with one attached hydrogen (secondary N) is 1. The first-order valence-corrected chi connectivity index (χ1v) is 7.66. The van der Waals surface area contributed by atoms with Gasteiger partial charge in [0.2, 0.25) is 0 Å². The highest BCUT2D eigenvalue weighted by molar-refractivity contribution is 6.29. The van der Waals surface area contributed by atoms with Crippen LogP contribution < -0.4 is 5.32 Å². The summed E-state index contributed by atoms with van der Waals surface area (Å²) in [5, 5.41) is 3.36. The molecule has 1 unspecified atom stereocenters. The molecule has 1 saturated heterocycles. The van der Waals surface area contributed by atoms with Crippen LogP contribution in [0.25, 0.3) is 0 Å². The fourth-order valence-corrected chi connectivity index (χ4v) is 2.74. The largest absolute Gasteiger partial charge is 0.350 e. The summed E-state index contributed by atoms with van der Waals surface area (Å²) in [5.74, 6) is -0.0740. The molecule has 0 radical (unpaired) electrons. The van der Waals surface area contributed by atoms with E-state index in [0.29, 0.717) is 23.3 Å². The van der Waals surface area contributed by atoms with Gasteiger partial charge >= 0.3 is 0 Å². The molecule has 5 heteroatoms. The van der Waals surface area contributed by atoms with Gasteiger partial charge in [-0.3, -0.25) is 9.69 Å². The molecule has 1 aliphatic heterocycles. The molecule has 1 aromatic rings. The second-order valence-corrected chi connectivity index (χ2v) is 5.71. The Morgan fingerprint density at radius 1 is 1.45 bits per heavy atom. The van der Waals surface area contributed by atoms with E-state index in [1.807, 2.05) is 13.0 Å². The maximum atomic E-state index is 12.2. The normalized spacial score (nSPS) is 17.1. The maximum absolute atomic E-state index is 12.2. The van der Waals surface area contributed by atoms with Gasteiger partial charge in [-0.05, 0) is 51.4 Å². The average molecular weight is 296 g/mol. The molecule has 2 heterocycles. The van der Waals surface area contributed by atoms with E-state index in [0.717, 1.165) is 25.2 Å². The van der Waals surface area contributed by atoms with Gasteiger partial charge in [-0.1, -0.05) is 18.5 Å². The molecule has 0 aliphatic carbocycles. The molecule has 0 spiro atoms. The highest BCUT2D eigenvalue weighted by Crippen LogP contribution is 2.13. The molecule has 1 aromatic heterocycles. The minimum Gasteiger partial charge on any atom is -0.350 e. The SMILES string of the molecule is CCc1cc(C(=O)NCC(C)N2CCCC2)cc(Cl)n1. The smallest absolute Gasteiger partial charge is 0.251 e. The van der Waals surface area contributed by atoms with Crippen molar-refractivity contribution in [3.63, 3.8) is 0 Å². The Morgan fingerprint density at radius 3 is 2.80 bits per heavy atom. The van der Waals surface area contributed by atoms with E-state index in [4.69, 9.17) is 11.6 Å². The summed E-state index contributed by atoms with van der Waals surface area (Å²) in [7, 11) is 0. The van der Waals surface area contributed by atoms with Crippen molar-refractivity contribution >= 4 is 17.5 Å². The number of hydrogen-bond donors (Lipinski definition) is 1. The predicted molar refractivity (Wildman–Crippen MR) is 81.2 cm³/mol. The zero-order chi connectivity index (χ0) is 14.5. The van der Waals surface area contributed by atoms with Crippen LogP contribution in [0.3, 0.4) is 0 Å². The van der Waals surface area contributed by atoms with E-state index in [1.165, 1.54) is 12.8 Å². The number of hydrogen-bond acceptors (Lipinski definition) is 3. The third-order valence-electron chi connectivity index (χ3n) is 3.79. The van der Waals surface area contributed by atoms with E-state index < -0.39 is 0 Å². The lowest BCUT2D eigenvalue weighted by molar-refractivity contribution is 0.0940. The maximum Gasteiger partial charge on any atom is 0.251 e. The van der Waals surface area contributed by atoms with Crippen molar-refractivity contribution in [1.82, 2.24) is 15.2 Å². The molecular formula is C15H22ClN3O. The molecule has 1 amide bonds. The fraction of sp³-hybridized carbons (Fsp3) is 0.600. The van der Waals surface area contributed by atoms with Crippen LogP contribution >= 0.6 is 11.6 Å². The van der Waals surface area contributed by atoms with Crippen LogP contribution in [0.4, 0.5) is 0 Å². The van der Waals surface area contributed by atoms with Gasteiger partial charge < -0.3 is 5.32 Å². The molecule has 1 aliphatic rings. The van der Waals surface area contributed by atoms with E-state index in [-0.39, 0.29) is 5.91 Å². The first kappa shape index (κ1) is 15.3. The summed E-state index contributed by atoms with van der Waals surface area (Å²) >= 11 is 5.94. The lowest BCUT2D eigenvalue weighted by atomic mass is 10.2. The van der Waals surface area contributed by atoms with Crippen molar-refractivity contribution in [3.05, 3.63) is 28.5 Å². The quantitative estimate of drug-likeness (QED) is 0.849. The van der Waals surface area contributed by atoms with Crippen LogP contribution in [0.5, 0.6) is 0 Å². The summed E-state index contributed by atoms with van der Waals surface area (Å²) in [5.41, 5.74) is 1.44. The van der Waals surface area contributed by atoms with Crippen LogP contribution in [0, 0.1) is 0 Å². The molecular weight excluding hydrogens is 274 g/mol. The first-order chi connectivity index (χ1) is 9.60. The molecule has 0 aromatic carbocycles. The minimum absolute atomic E-state index is 0.0740. The summed E-state index contributed by atoms with van der Waals surface area (Å²) < 4.78 is 0. The van der Waals surface area contributed by atoms with Crippen LogP contribution in [-0.4, -0.2) is 41.5 Å². The first-order valence-electron chi connectivity index (χ1n) is 7.29. The Balaban J connectivity index is 1.92. The van der Waals surface area contributed by atoms with Crippen molar-refractivity contribution in [2.45, 2.75) is 39.2 Å². The van der Waals surface area contributed by atoms with Gasteiger partial charge in [0.05, 0.1) is 0 Å². The van der Waals surface area contributed by atoms with E-state index in [1.54, 1.807) is 6.07 Å². The Bertz CT molecular complexity index is 472. The number of aromatic nitrogens is 1. The van der Waals surface area contributed by atoms with Gasteiger partial charge in [-0.15, -0.1) is 0 Å². The van der Waals surface area contributed by atoms with Gasteiger partial charge in [0.15, 0.2) is 0 Å². The van der Waals surface area contributed by atoms with Crippen molar-refractivity contribution < 1.29 is 4.79 Å². The molecule has 1 atom stereocenters. The summed E-state index contributed by atoms with van der Waals surface area (Å²) in [6.45, 7) is 7.09. The molecule has 110 valence electrons. The number of rotatable bonds is 5. The third-order valence-corrected chi connectivity index (χ3v) is 3.99. The van der Waals surface area contributed by atoms with Gasteiger partial charge in [0.1, 0.15) is 5.15 Å². The van der Waals surface area contributed by atoms with Crippen LogP contribution in [0.15, 0.2) is 12.1 Å². The van der Waals surface area contributed by atoms with Crippen molar-refractivity contribution in [1.29, 1.82) is 0 Å². The predicted octanol–water partition coefficient (Wildman–Crippen LogP) is 2.51. The second-order valence-electron chi connectivity index (χ2n) is 5.33. The highest BCUT2D eigenvalue weighted by atomic mass is 35.5.